The third-order valence-electron chi connectivity index (χ3n) is 3.24. The van der Waals surface area contributed by atoms with Gasteiger partial charge in [0.25, 0.3) is 0 Å². The number of nitrogens with zero attached hydrogens (tertiary/aromatic N) is 1. The summed E-state index contributed by atoms with van der Waals surface area (Å²) in [4.78, 5) is 11.9. The van der Waals surface area contributed by atoms with Gasteiger partial charge in [-0.3, -0.25) is 10.1 Å². The average molecular weight is 283 g/mol. The normalized spacial score (nSPS) is 14.1. The van der Waals surface area contributed by atoms with Crippen molar-refractivity contribution < 1.29 is 14.1 Å². The molecule has 1 aromatic rings. The van der Waals surface area contributed by atoms with Crippen LogP contribution >= 0.6 is 0 Å². The molecule has 114 valence electrons. The quantitative estimate of drug-likeness (QED) is 0.707. The maximum absolute atomic E-state index is 11.9. The van der Waals surface area contributed by atoms with Crippen molar-refractivity contribution in [1.29, 1.82) is 0 Å². The van der Waals surface area contributed by atoms with Gasteiger partial charge < -0.3 is 14.6 Å². The van der Waals surface area contributed by atoms with E-state index in [9.17, 15) is 4.79 Å². The maximum atomic E-state index is 11.9. The third-order valence-corrected chi connectivity index (χ3v) is 3.24. The van der Waals surface area contributed by atoms with Gasteiger partial charge >= 0.3 is 0 Å². The van der Waals surface area contributed by atoms with E-state index in [1.54, 1.807) is 7.11 Å². The Morgan fingerprint density at radius 3 is 2.65 bits per heavy atom. The molecule has 0 spiro atoms. The van der Waals surface area contributed by atoms with Gasteiger partial charge in [0.05, 0.1) is 11.7 Å². The summed E-state index contributed by atoms with van der Waals surface area (Å²) >= 11 is 0. The first-order chi connectivity index (χ1) is 9.47. The molecule has 0 aliphatic rings. The molecular formula is C14H25N3O3. The average Bonchev–Trinajstić information content (AvgIpc) is 2.73. The fourth-order valence-corrected chi connectivity index (χ4v) is 2.22. The SMILES string of the molecule is COCCCNC(=O)C(C)NC(C)c1c(C)noc1C. The van der Waals surface area contributed by atoms with Crippen molar-refractivity contribution in [2.24, 2.45) is 0 Å². The fraction of sp³-hybridized carbons (Fsp3) is 0.714. The summed E-state index contributed by atoms with van der Waals surface area (Å²) in [6.07, 6.45) is 0.814. The van der Waals surface area contributed by atoms with Crippen LogP contribution in [0.2, 0.25) is 0 Å². The molecule has 0 aromatic carbocycles. The lowest BCUT2D eigenvalue weighted by Gasteiger charge is -2.19. The molecule has 20 heavy (non-hydrogen) atoms. The molecular weight excluding hydrogens is 258 g/mol. The second-order valence-corrected chi connectivity index (χ2v) is 4.99. The molecule has 0 bridgehead atoms. The second-order valence-electron chi connectivity index (χ2n) is 4.99. The van der Waals surface area contributed by atoms with Gasteiger partial charge in [-0.15, -0.1) is 0 Å². The largest absolute Gasteiger partial charge is 0.385 e. The number of aryl methyl sites for hydroxylation is 2. The number of nitrogens with one attached hydrogen (secondary N) is 2. The minimum atomic E-state index is -0.277. The summed E-state index contributed by atoms with van der Waals surface area (Å²) in [6.45, 7) is 8.90. The lowest BCUT2D eigenvalue weighted by molar-refractivity contribution is -0.122. The molecule has 1 aromatic heterocycles. The summed E-state index contributed by atoms with van der Waals surface area (Å²) in [6, 6.07) is -0.262. The number of carbonyl (C=O) groups excluding carboxylic acids is 1. The van der Waals surface area contributed by atoms with Crippen LogP contribution < -0.4 is 10.6 Å². The summed E-state index contributed by atoms with van der Waals surface area (Å²) in [5, 5.41) is 10.1. The van der Waals surface area contributed by atoms with Crippen LogP contribution in [0.5, 0.6) is 0 Å². The molecule has 6 nitrogen and oxygen atoms in total. The molecule has 0 saturated carbocycles. The number of amides is 1. The monoisotopic (exact) mass is 283 g/mol. The number of rotatable bonds is 8. The number of carbonyl (C=O) groups is 1. The van der Waals surface area contributed by atoms with E-state index in [1.165, 1.54) is 0 Å². The van der Waals surface area contributed by atoms with E-state index in [2.05, 4.69) is 15.8 Å². The van der Waals surface area contributed by atoms with Gasteiger partial charge in [0.2, 0.25) is 5.91 Å². The zero-order valence-corrected chi connectivity index (χ0v) is 12.9. The predicted molar refractivity (Wildman–Crippen MR) is 76.5 cm³/mol. The Morgan fingerprint density at radius 1 is 1.40 bits per heavy atom. The van der Waals surface area contributed by atoms with E-state index in [1.807, 2.05) is 27.7 Å². The first-order valence-corrected chi connectivity index (χ1v) is 6.92. The van der Waals surface area contributed by atoms with E-state index in [0.717, 1.165) is 23.4 Å². The first kappa shape index (κ1) is 16.7. The van der Waals surface area contributed by atoms with Gasteiger partial charge in [-0.05, 0) is 34.1 Å². The summed E-state index contributed by atoms with van der Waals surface area (Å²) in [5.41, 5.74) is 1.87. The van der Waals surface area contributed by atoms with Gasteiger partial charge in [-0.1, -0.05) is 5.16 Å². The summed E-state index contributed by atoms with van der Waals surface area (Å²) < 4.78 is 10.1. The van der Waals surface area contributed by atoms with Crippen molar-refractivity contribution in [3.05, 3.63) is 17.0 Å². The molecule has 2 unspecified atom stereocenters. The van der Waals surface area contributed by atoms with Crippen LogP contribution in [0.1, 0.15) is 43.3 Å². The highest BCUT2D eigenvalue weighted by molar-refractivity contribution is 5.81. The molecule has 2 N–H and O–H groups in total. The molecule has 0 aliphatic carbocycles. The van der Waals surface area contributed by atoms with E-state index in [0.29, 0.717) is 13.2 Å². The Hall–Kier alpha value is -1.40. The van der Waals surface area contributed by atoms with Gasteiger partial charge in [0, 0.05) is 31.9 Å². The number of hydrogen-bond donors (Lipinski definition) is 2. The fourth-order valence-electron chi connectivity index (χ4n) is 2.22. The van der Waals surface area contributed by atoms with Crippen molar-refractivity contribution in [2.45, 2.75) is 46.2 Å². The highest BCUT2D eigenvalue weighted by atomic mass is 16.5. The molecule has 1 amide bonds. The van der Waals surface area contributed by atoms with E-state index >= 15 is 0 Å². The Labute approximate surface area is 120 Å². The zero-order valence-electron chi connectivity index (χ0n) is 12.9. The predicted octanol–water partition coefficient (Wildman–Crippen LogP) is 1.48. The standard InChI is InChI=1S/C14H25N3O3/c1-9(13-10(2)17-20-12(13)4)16-11(3)14(18)15-7-6-8-19-5/h9,11,16H,6-8H2,1-5H3,(H,15,18). The molecule has 6 heteroatoms. The molecule has 1 rings (SSSR count). The lowest BCUT2D eigenvalue weighted by atomic mass is 10.1. The lowest BCUT2D eigenvalue weighted by Crippen LogP contribution is -2.43. The van der Waals surface area contributed by atoms with Crippen LogP contribution in [0, 0.1) is 13.8 Å². The number of methoxy groups -OCH3 is 1. The van der Waals surface area contributed by atoms with Crippen LogP contribution in [0.4, 0.5) is 0 Å². The highest BCUT2D eigenvalue weighted by Gasteiger charge is 2.20. The Bertz CT molecular complexity index is 412. The van der Waals surface area contributed by atoms with Crippen LogP contribution in [-0.2, 0) is 9.53 Å². The van der Waals surface area contributed by atoms with Crippen molar-refractivity contribution in [2.75, 3.05) is 20.3 Å². The maximum Gasteiger partial charge on any atom is 0.236 e. The Kier molecular flexibility index (Phi) is 6.67. The number of ether oxygens (including phenoxy) is 1. The summed E-state index contributed by atoms with van der Waals surface area (Å²) in [7, 11) is 1.65. The summed E-state index contributed by atoms with van der Waals surface area (Å²) in [5.74, 6) is 0.773. The van der Waals surface area contributed by atoms with Crippen LogP contribution in [0.15, 0.2) is 4.52 Å². The molecule has 2 atom stereocenters. The highest BCUT2D eigenvalue weighted by Crippen LogP contribution is 2.21. The second kappa shape index (κ2) is 8.01. The Balaban J connectivity index is 2.45. The van der Waals surface area contributed by atoms with Crippen molar-refractivity contribution in [3.8, 4) is 0 Å². The zero-order chi connectivity index (χ0) is 15.1. The van der Waals surface area contributed by atoms with Gasteiger partial charge in [-0.25, -0.2) is 0 Å². The Morgan fingerprint density at radius 2 is 2.10 bits per heavy atom. The topological polar surface area (TPSA) is 76.4 Å². The molecule has 1 heterocycles. The molecule has 0 radical (unpaired) electrons. The van der Waals surface area contributed by atoms with Crippen LogP contribution in [0.3, 0.4) is 0 Å². The van der Waals surface area contributed by atoms with E-state index in [-0.39, 0.29) is 18.0 Å². The minimum absolute atomic E-state index is 0.0142. The third kappa shape index (κ3) is 4.61. The molecule has 0 fully saturated rings. The van der Waals surface area contributed by atoms with Crippen LogP contribution in [-0.4, -0.2) is 37.4 Å². The van der Waals surface area contributed by atoms with E-state index in [4.69, 9.17) is 9.26 Å². The number of hydrogen-bond acceptors (Lipinski definition) is 5. The van der Waals surface area contributed by atoms with Crippen molar-refractivity contribution in [3.63, 3.8) is 0 Å². The molecule has 0 aliphatic heterocycles. The van der Waals surface area contributed by atoms with Gasteiger partial charge in [-0.2, -0.15) is 0 Å². The van der Waals surface area contributed by atoms with Crippen LogP contribution in [0.25, 0.3) is 0 Å². The van der Waals surface area contributed by atoms with E-state index < -0.39 is 0 Å². The van der Waals surface area contributed by atoms with Crippen molar-refractivity contribution in [1.82, 2.24) is 15.8 Å². The number of aromatic nitrogens is 1. The van der Waals surface area contributed by atoms with Gasteiger partial charge in [0.1, 0.15) is 5.76 Å². The molecule has 0 saturated heterocycles. The minimum Gasteiger partial charge on any atom is -0.385 e. The first-order valence-electron chi connectivity index (χ1n) is 6.92. The van der Waals surface area contributed by atoms with Gasteiger partial charge in [0.15, 0.2) is 0 Å². The van der Waals surface area contributed by atoms with Crippen molar-refractivity contribution >= 4 is 5.91 Å². The smallest absolute Gasteiger partial charge is 0.236 e.